The summed E-state index contributed by atoms with van der Waals surface area (Å²) in [4.78, 5) is 11.4. The van der Waals surface area contributed by atoms with Gasteiger partial charge in [-0.3, -0.25) is 4.79 Å². The zero-order valence-electron chi connectivity index (χ0n) is 9.53. The molecule has 0 aromatic heterocycles. The van der Waals surface area contributed by atoms with Crippen LogP contribution < -0.4 is 0 Å². The van der Waals surface area contributed by atoms with Crippen molar-refractivity contribution in [2.75, 3.05) is 0 Å². The maximum absolute atomic E-state index is 11.4. The topological polar surface area (TPSA) is 17.1 Å². The number of aryl methyl sites for hydroxylation is 1. The Morgan fingerprint density at radius 3 is 2.25 bits per heavy atom. The standard InChI is InChI=1S/C15H14O/c1-11-8-9-14(10-15(11)12(2)16)13-6-4-3-5-7-13/h3-10H,1-2H3. The monoisotopic (exact) mass is 210 g/mol. The predicted octanol–water partition coefficient (Wildman–Crippen LogP) is 3.86. The van der Waals surface area contributed by atoms with Crippen LogP contribution in [0.3, 0.4) is 0 Å². The molecule has 0 saturated carbocycles. The summed E-state index contributed by atoms with van der Waals surface area (Å²) < 4.78 is 0. The van der Waals surface area contributed by atoms with Gasteiger partial charge in [0, 0.05) is 5.56 Å². The van der Waals surface area contributed by atoms with Crippen molar-refractivity contribution in [3.05, 3.63) is 59.7 Å². The fraction of sp³-hybridized carbons (Fsp3) is 0.133. The lowest BCUT2D eigenvalue weighted by Crippen LogP contribution is -1.96. The van der Waals surface area contributed by atoms with Crippen molar-refractivity contribution < 1.29 is 4.79 Å². The number of hydrogen-bond acceptors (Lipinski definition) is 1. The minimum absolute atomic E-state index is 0.121. The molecule has 0 aliphatic rings. The number of carbonyl (C=O) groups is 1. The lowest BCUT2D eigenvalue weighted by molar-refractivity contribution is 0.101. The van der Waals surface area contributed by atoms with Gasteiger partial charge in [0.2, 0.25) is 0 Å². The van der Waals surface area contributed by atoms with Gasteiger partial charge in [0.15, 0.2) is 5.78 Å². The Labute approximate surface area is 95.7 Å². The SMILES string of the molecule is CC(=O)c1cc(-c2ccccc2)ccc1C. The molecule has 0 heterocycles. The molecule has 0 radical (unpaired) electrons. The van der Waals surface area contributed by atoms with Crippen molar-refractivity contribution in [3.63, 3.8) is 0 Å². The third-order valence-electron chi connectivity index (χ3n) is 2.72. The first-order chi connectivity index (χ1) is 7.68. The number of carbonyl (C=O) groups excluding carboxylic acids is 1. The molecule has 0 unspecified atom stereocenters. The quantitative estimate of drug-likeness (QED) is 0.688. The third-order valence-corrected chi connectivity index (χ3v) is 2.72. The van der Waals surface area contributed by atoms with E-state index in [1.54, 1.807) is 6.92 Å². The van der Waals surface area contributed by atoms with Gasteiger partial charge >= 0.3 is 0 Å². The molecule has 1 nitrogen and oxygen atoms in total. The second kappa shape index (κ2) is 4.31. The van der Waals surface area contributed by atoms with Gasteiger partial charge in [-0.05, 0) is 36.6 Å². The van der Waals surface area contributed by atoms with E-state index in [0.717, 1.165) is 22.3 Å². The predicted molar refractivity (Wildman–Crippen MR) is 66.6 cm³/mol. The summed E-state index contributed by atoms with van der Waals surface area (Å²) in [6, 6.07) is 16.1. The molecule has 0 spiro atoms. The molecule has 0 amide bonds. The highest BCUT2D eigenvalue weighted by Crippen LogP contribution is 2.22. The van der Waals surface area contributed by atoms with Crippen LogP contribution in [0.15, 0.2) is 48.5 Å². The van der Waals surface area contributed by atoms with Crippen molar-refractivity contribution in [1.29, 1.82) is 0 Å². The fourth-order valence-electron chi connectivity index (χ4n) is 1.81. The normalized spacial score (nSPS) is 10.1. The first kappa shape index (κ1) is 10.6. The van der Waals surface area contributed by atoms with Gasteiger partial charge < -0.3 is 0 Å². The molecule has 0 aliphatic heterocycles. The molecule has 0 saturated heterocycles. The molecule has 16 heavy (non-hydrogen) atoms. The lowest BCUT2D eigenvalue weighted by Gasteiger charge is -2.06. The molecule has 0 fully saturated rings. The molecule has 0 atom stereocenters. The van der Waals surface area contributed by atoms with Crippen LogP contribution >= 0.6 is 0 Å². The summed E-state index contributed by atoms with van der Waals surface area (Å²) >= 11 is 0. The number of benzene rings is 2. The smallest absolute Gasteiger partial charge is 0.160 e. The number of ketones is 1. The molecule has 0 bridgehead atoms. The average Bonchev–Trinajstić information content (AvgIpc) is 2.30. The Balaban J connectivity index is 2.52. The Morgan fingerprint density at radius 1 is 0.938 bits per heavy atom. The second-order valence-electron chi connectivity index (χ2n) is 3.95. The third kappa shape index (κ3) is 2.03. The second-order valence-corrected chi connectivity index (χ2v) is 3.95. The van der Waals surface area contributed by atoms with Crippen LogP contribution in [-0.4, -0.2) is 5.78 Å². The molecule has 0 N–H and O–H groups in total. The van der Waals surface area contributed by atoms with Gasteiger partial charge in [-0.1, -0.05) is 42.5 Å². The lowest BCUT2D eigenvalue weighted by atomic mass is 9.98. The minimum Gasteiger partial charge on any atom is -0.295 e. The van der Waals surface area contributed by atoms with Crippen molar-refractivity contribution in [2.24, 2.45) is 0 Å². The van der Waals surface area contributed by atoms with E-state index in [4.69, 9.17) is 0 Å². The summed E-state index contributed by atoms with van der Waals surface area (Å²) in [6.07, 6.45) is 0. The highest BCUT2D eigenvalue weighted by molar-refractivity contribution is 5.96. The molecular formula is C15H14O. The van der Waals surface area contributed by atoms with E-state index in [9.17, 15) is 4.79 Å². The molecular weight excluding hydrogens is 196 g/mol. The molecule has 80 valence electrons. The van der Waals surface area contributed by atoms with E-state index in [1.165, 1.54) is 0 Å². The van der Waals surface area contributed by atoms with E-state index in [1.807, 2.05) is 37.3 Å². The Morgan fingerprint density at radius 2 is 1.62 bits per heavy atom. The van der Waals surface area contributed by atoms with E-state index in [-0.39, 0.29) is 5.78 Å². The van der Waals surface area contributed by atoms with E-state index >= 15 is 0 Å². The van der Waals surface area contributed by atoms with Crippen LogP contribution in [0.25, 0.3) is 11.1 Å². The summed E-state index contributed by atoms with van der Waals surface area (Å²) in [5.74, 6) is 0.121. The van der Waals surface area contributed by atoms with Crippen LogP contribution in [0.5, 0.6) is 0 Å². The first-order valence-electron chi connectivity index (χ1n) is 5.35. The van der Waals surface area contributed by atoms with Crippen molar-refractivity contribution in [2.45, 2.75) is 13.8 Å². The molecule has 1 heteroatoms. The molecule has 2 rings (SSSR count). The Bertz CT molecular complexity index is 512. The maximum atomic E-state index is 11.4. The van der Waals surface area contributed by atoms with Crippen molar-refractivity contribution in [3.8, 4) is 11.1 Å². The van der Waals surface area contributed by atoms with Crippen molar-refractivity contribution >= 4 is 5.78 Å². The number of rotatable bonds is 2. The van der Waals surface area contributed by atoms with E-state index in [2.05, 4.69) is 18.2 Å². The van der Waals surface area contributed by atoms with Crippen LogP contribution in [0.4, 0.5) is 0 Å². The summed E-state index contributed by atoms with van der Waals surface area (Å²) in [5.41, 5.74) is 4.08. The van der Waals surface area contributed by atoms with Crippen LogP contribution in [-0.2, 0) is 0 Å². The largest absolute Gasteiger partial charge is 0.295 e. The zero-order valence-corrected chi connectivity index (χ0v) is 9.53. The van der Waals surface area contributed by atoms with Gasteiger partial charge in [0.25, 0.3) is 0 Å². The van der Waals surface area contributed by atoms with E-state index in [0.29, 0.717) is 0 Å². The van der Waals surface area contributed by atoms with Crippen molar-refractivity contribution in [1.82, 2.24) is 0 Å². The summed E-state index contributed by atoms with van der Waals surface area (Å²) in [6.45, 7) is 3.57. The Kier molecular flexibility index (Phi) is 2.86. The van der Waals surface area contributed by atoms with Gasteiger partial charge in [-0.2, -0.15) is 0 Å². The molecule has 2 aromatic rings. The minimum atomic E-state index is 0.121. The molecule has 2 aromatic carbocycles. The summed E-state index contributed by atoms with van der Waals surface area (Å²) in [7, 11) is 0. The number of Topliss-reactive ketones (excluding diaryl/α,β-unsaturated/α-hetero) is 1. The van der Waals surface area contributed by atoms with Crippen LogP contribution in [0.1, 0.15) is 22.8 Å². The van der Waals surface area contributed by atoms with Gasteiger partial charge in [0.05, 0.1) is 0 Å². The van der Waals surface area contributed by atoms with Gasteiger partial charge in [0.1, 0.15) is 0 Å². The highest BCUT2D eigenvalue weighted by Gasteiger charge is 2.05. The average molecular weight is 210 g/mol. The highest BCUT2D eigenvalue weighted by atomic mass is 16.1. The van der Waals surface area contributed by atoms with Gasteiger partial charge in [-0.15, -0.1) is 0 Å². The van der Waals surface area contributed by atoms with Crippen LogP contribution in [0.2, 0.25) is 0 Å². The fourth-order valence-corrected chi connectivity index (χ4v) is 1.81. The first-order valence-corrected chi connectivity index (χ1v) is 5.35. The molecule has 0 aliphatic carbocycles. The number of hydrogen-bond donors (Lipinski definition) is 0. The van der Waals surface area contributed by atoms with E-state index < -0.39 is 0 Å². The maximum Gasteiger partial charge on any atom is 0.160 e. The van der Waals surface area contributed by atoms with Crippen LogP contribution in [0, 0.1) is 6.92 Å². The summed E-state index contributed by atoms with van der Waals surface area (Å²) in [5, 5.41) is 0. The Hall–Kier alpha value is -1.89. The zero-order chi connectivity index (χ0) is 11.5. The van der Waals surface area contributed by atoms with Gasteiger partial charge in [-0.25, -0.2) is 0 Å².